The van der Waals surface area contributed by atoms with Crippen LogP contribution in [0.1, 0.15) is 20.3 Å². The lowest BCUT2D eigenvalue weighted by Crippen LogP contribution is -2.46. The van der Waals surface area contributed by atoms with Gasteiger partial charge in [-0.25, -0.2) is 4.79 Å². The third-order valence-corrected chi connectivity index (χ3v) is 4.49. The second kappa shape index (κ2) is 9.26. The van der Waals surface area contributed by atoms with Gasteiger partial charge in [0.2, 0.25) is 5.91 Å². The normalized spacial score (nSPS) is 17.1. The molecule has 158 valence electrons. The summed E-state index contributed by atoms with van der Waals surface area (Å²) >= 11 is 0. The second-order valence-electron chi connectivity index (χ2n) is 6.90. The Balaban J connectivity index is 2.14. The average molecular weight is 407 g/mol. The number of esters is 1. The van der Waals surface area contributed by atoms with Crippen LogP contribution in [0.3, 0.4) is 0 Å². The minimum atomic E-state index is -1.20. The first-order valence-electron chi connectivity index (χ1n) is 9.01. The molecular weight excluding hydrogens is 382 g/mol. The predicted octanol–water partition coefficient (Wildman–Crippen LogP) is 0.819. The largest absolute Gasteiger partial charge is 0.497 e. The number of primary amides is 1. The van der Waals surface area contributed by atoms with Gasteiger partial charge in [-0.1, -0.05) is 13.8 Å². The van der Waals surface area contributed by atoms with Crippen LogP contribution in [0.15, 0.2) is 18.2 Å². The number of urea groups is 1. The van der Waals surface area contributed by atoms with Crippen LogP contribution < -0.4 is 25.4 Å². The van der Waals surface area contributed by atoms with Crippen molar-refractivity contribution in [3.05, 3.63) is 18.2 Å². The molecule has 0 aliphatic carbocycles. The number of imide groups is 1. The predicted molar refractivity (Wildman–Crippen MR) is 102 cm³/mol. The summed E-state index contributed by atoms with van der Waals surface area (Å²) in [5.74, 6) is -1.96. The number of rotatable bonds is 7. The van der Waals surface area contributed by atoms with Gasteiger partial charge in [0, 0.05) is 19.0 Å². The molecule has 0 saturated carbocycles. The van der Waals surface area contributed by atoms with Crippen molar-refractivity contribution in [2.45, 2.75) is 26.4 Å². The number of methoxy groups -OCH3 is 2. The van der Waals surface area contributed by atoms with Crippen molar-refractivity contribution in [1.29, 1.82) is 0 Å². The zero-order valence-corrected chi connectivity index (χ0v) is 16.8. The van der Waals surface area contributed by atoms with Gasteiger partial charge in [-0.2, -0.15) is 0 Å². The SMILES string of the molecule is COc1ccc(N2C[C@H](C(=O)O[C@@H](C(=O)NC(N)=O)C(C)C)CC2=O)c(OC)c1. The topological polar surface area (TPSA) is 137 Å². The molecule has 10 heteroatoms. The number of hydrogen-bond acceptors (Lipinski definition) is 7. The first-order chi connectivity index (χ1) is 13.7. The molecule has 10 nitrogen and oxygen atoms in total. The molecule has 0 unspecified atom stereocenters. The maximum atomic E-state index is 12.6. The van der Waals surface area contributed by atoms with E-state index in [2.05, 4.69) is 0 Å². The smallest absolute Gasteiger partial charge is 0.318 e. The number of carbonyl (C=O) groups excluding carboxylic acids is 4. The molecule has 0 aromatic heterocycles. The lowest BCUT2D eigenvalue weighted by molar-refractivity contribution is -0.161. The number of ether oxygens (including phenoxy) is 3. The fraction of sp³-hybridized carbons (Fsp3) is 0.474. The van der Waals surface area contributed by atoms with E-state index in [4.69, 9.17) is 19.9 Å². The van der Waals surface area contributed by atoms with Crippen molar-refractivity contribution >= 4 is 29.5 Å². The molecule has 2 rings (SSSR count). The van der Waals surface area contributed by atoms with Crippen LogP contribution in [0.2, 0.25) is 0 Å². The van der Waals surface area contributed by atoms with Gasteiger partial charge in [0.05, 0.1) is 25.8 Å². The third kappa shape index (κ3) is 5.15. The molecule has 1 aliphatic rings. The number of carbonyl (C=O) groups is 4. The number of anilines is 1. The molecule has 29 heavy (non-hydrogen) atoms. The highest BCUT2D eigenvalue weighted by molar-refractivity contribution is 6.01. The van der Waals surface area contributed by atoms with Crippen LogP contribution in [0, 0.1) is 11.8 Å². The number of nitrogens with zero attached hydrogens (tertiary/aromatic N) is 1. The van der Waals surface area contributed by atoms with E-state index in [1.807, 2.05) is 5.32 Å². The van der Waals surface area contributed by atoms with Gasteiger partial charge in [-0.15, -0.1) is 0 Å². The molecule has 0 radical (unpaired) electrons. The maximum absolute atomic E-state index is 12.6. The maximum Gasteiger partial charge on any atom is 0.318 e. The molecule has 2 atom stereocenters. The standard InChI is InChI=1S/C19H25N3O7/c1-10(2)16(17(24)21-19(20)26)29-18(25)11-7-15(23)22(9-11)13-6-5-12(27-3)8-14(13)28-4/h5-6,8,10-11,16H,7,9H2,1-4H3,(H3,20,21,24,26)/t11-,16-/m1/s1. The number of benzene rings is 1. The van der Waals surface area contributed by atoms with Gasteiger partial charge in [0.15, 0.2) is 6.10 Å². The lowest BCUT2D eigenvalue weighted by atomic mass is 10.1. The van der Waals surface area contributed by atoms with Crippen LogP contribution in [-0.4, -0.2) is 50.7 Å². The quantitative estimate of drug-likeness (QED) is 0.638. The first-order valence-corrected chi connectivity index (χ1v) is 9.01. The van der Waals surface area contributed by atoms with Crippen molar-refractivity contribution in [3.8, 4) is 11.5 Å². The summed E-state index contributed by atoms with van der Waals surface area (Å²) in [4.78, 5) is 49.5. The first kappa shape index (κ1) is 22.0. The van der Waals surface area contributed by atoms with Crippen molar-refractivity contribution in [2.75, 3.05) is 25.7 Å². The number of nitrogens with two attached hydrogens (primary N) is 1. The van der Waals surface area contributed by atoms with Gasteiger partial charge >= 0.3 is 12.0 Å². The molecule has 0 spiro atoms. The van der Waals surface area contributed by atoms with E-state index in [0.717, 1.165) is 0 Å². The highest BCUT2D eigenvalue weighted by Gasteiger charge is 2.39. The summed E-state index contributed by atoms with van der Waals surface area (Å²) in [5, 5.41) is 1.91. The molecule has 1 aliphatic heterocycles. The molecule has 1 aromatic rings. The Labute approximate surface area is 168 Å². The fourth-order valence-electron chi connectivity index (χ4n) is 3.01. The Kier molecular flexibility index (Phi) is 7.03. The van der Waals surface area contributed by atoms with Crippen molar-refractivity contribution in [1.82, 2.24) is 5.32 Å². The summed E-state index contributed by atoms with van der Waals surface area (Å²) in [6.45, 7) is 3.39. The minimum Gasteiger partial charge on any atom is -0.497 e. The number of nitrogens with one attached hydrogen (secondary N) is 1. The molecule has 0 bridgehead atoms. The van der Waals surface area contributed by atoms with Gasteiger partial charge in [0.25, 0.3) is 5.91 Å². The zero-order valence-electron chi connectivity index (χ0n) is 16.8. The second-order valence-corrected chi connectivity index (χ2v) is 6.90. The summed E-state index contributed by atoms with van der Waals surface area (Å²) in [5.41, 5.74) is 5.45. The van der Waals surface area contributed by atoms with E-state index in [1.54, 1.807) is 32.0 Å². The molecule has 3 N–H and O–H groups in total. The van der Waals surface area contributed by atoms with Crippen LogP contribution in [-0.2, 0) is 19.1 Å². The highest BCUT2D eigenvalue weighted by atomic mass is 16.5. The van der Waals surface area contributed by atoms with E-state index in [1.165, 1.54) is 19.1 Å². The summed E-state index contributed by atoms with van der Waals surface area (Å²) < 4.78 is 15.8. The van der Waals surface area contributed by atoms with Gasteiger partial charge in [-0.3, -0.25) is 19.7 Å². The zero-order chi connectivity index (χ0) is 21.7. The Bertz CT molecular complexity index is 809. The van der Waals surface area contributed by atoms with Crippen molar-refractivity contribution < 1.29 is 33.4 Å². The monoisotopic (exact) mass is 407 g/mol. The van der Waals surface area contributed by atoms with Gasteiger partial charge in [0.1, 0.15) is 11.5 Å². The Morgan fingerprint density at radius 3 is 2.45 bits per heavy atom. The number of hydrogen-bond donors (Lipinski definition) is 2. The van der Waals surface area contributed by atoms with Crippen molar-refractivity contribution in [2.24, 2.45) is 17.6 Å². The van der Waals surface area contributed by atoms with E-state index in [0.29, 0.717) is 17.2 Å². The lowest BCUT2D eigenvalue weighted by Gasteiger charge is -2.22. The van der Waals surface area contributed by atoms with E-state index in [-0.39, 0.29) is 18.9 Å². The highest BCUT2D eigenvalue weighted by Crippen LogP contribution is 2.36. The van der Waals surface area contributed by atoms with Crippen LogP contribution in [0.5, 0.6) is 11.5 Å². The molecule has 1 saturated heterocycles. The van der Waals surface area contributed by atoms with Crippen molar-refractivity contribution in [3.63, 3.8) is 0 Å². The fourth-order valence-corrected chi connectivity index (χ4v) is 3.01. The molecular formula is C19H25N3O7. The average Bonchev–Trinajstić information content (AvgIpc) is 3.05. The van der Waals surface area contributed by atoms with E-state index in [9.17, 15) is 19.2 Å². The Morgan fingerprint density at radius 2 is 1.90 bits per heavy atom. The molecule has 4 amide bonds. The molecule has 1 fully saturated rings. The summed E-state index contributed by atoms with van der Waals surface area (Å²) in [6.07, 6.45) is -1.27. The summed E-state index contributed by atoms with van der Waals surface area (Å²) in [6, 6.07) is 3.95. The van der Waals surface area contributed by atoms with Gasteiger partial charge in [-0.05, 0) is 18.1 Å². The summed E-state index contributed by atoms with van der Waals surface area (Å²) in [7, 11) is 2.98. The van der Waals surface area contributed by atoms with Crippen LogP contribution in [0.25, 0.3) is 0 Å². The van der Waals surface area contributed by atoms with E-state index < -0.39 is 35.8 Å². The minimum absolute atomic E-state index is 0.0720. The van der Waals surface area contributed by atoms with Gasteiger partial charge < -0.3 is 24.8 Å². The Morgan fingerprint density at radius 1 is 1.21 bits per heavy atom. The number of amides is 4. The Hall–Kier alpha value is -3.30. The molecule has 1 aromatic carbocycles. The van der Waals surface area contributed by atoms with Crippen LogP contribution >= 0.6 is 0 Å². The molecule has 1 heterocycles. The third-order valence-electron chi connectivity index (χ3n) is 4.49. The van der Waals surface area contributed by atoms with Crippen LogP contribution in [0.4, 0.5) is 10.5 Å². The van der Waals surface area contributed by atoms with E-state index >= 15 is 0 Å².